The third kappa shape index (κ3) is 52.1. The molecule has 176 valence electrons. The maximum absolute atomic E-state index is 8.89. The fourth-order valence-electron chi connectivity index (χ4n) is 3.03. The van der Waals surface area contributed by atoms with Crippen molar-refractivity contribution in [3.8, 4) is 0 Å². The van der Waals surface area contributed by atoms with E-state index in [4.69, 9.17) is 15.0 Å². The van der Waals surface area contributed by atoms with Crippen molar-refractivity contribution in [3.63, 3.8) is 0 Å². The molecule has 0 bridgehead atoms. The Morgan fingerprint density at radius 2 is 1.00 bits per heavy atom. The van der Waals surface area contributed by atoms with E-state index in [1.165, 1.54) is 109 Å². The van der Waals surface area contributed by atoms with Crippen LogP contribution in [0.3, 0.4) is 0 Å². The van der Waals surface area contributed by atoms with Gasteiger partial charge in [-0.3, -0.25) is 0 Å². The quantitative estimate of drug-likeness (QED) is 0.253. The predicted octanol–water partition coefficient (Wildman–Crippen LogP) is 5.23. The van der Waals surface area contributed by atoms with Crippen LogP contribution in [0.25, 0.3) is 0 Å². The van der Waals surface area contributed by atoms with Gasteiger partial charge in [0.25, 0.3) is 0 Å². The van der Waals surface area contributed by atoms with Crippen molar-refractivity contribution >= 4 is 5.97 Å². The van der Waals surface area contributed by atoms with Crippen LogP contribution in [0.5, 0.6) is 0 Å². The third-order valence-electron chi connectivity index (χ3n) is 4.68. The number of carbonyl (C=O) groups excluding carboxylic acids is 1. The molecule has 0 aromatic rings. The topological polar surface area (TPSA) is 64.8 Å². The van der Waals surface area contributed by atoms with E-state index >= 15 is 0 Å². The largest absolute Gasteiger partial charge is 0.550 e. The number of aliphatic hydroxyl groups excluding tert-OH is 1. The zero-order valence-corrected chi connectivity index (χ0v) is 20.4. The van der Waals surface area contributed by atoms with E-state index in [2.05, 4.69) is 21.0 Å². The van der Waals surface area contributed by atoms with Gasteiger partial charge in [-0.25, -0.2) is 0 Å². The highest BCUT2D eigenvalue weighted by Crippen LogP contribution is 2.13. The van der Waals surface area contributed by atoms with Gasteiger partial charge in [-0.1, -0.05) is 103 Å². The first-order valence-corrected chi connectivity index (χ1v) is 12.1. The number of carbonyl (C=O) groups is 1. The number of aliphatic carboxylic acids is 1. The minimum absolute atomic E-state index is 0.972. The number of rotatable bonds is 17. The summed E-state index contributed by atoms with van der Waals surface area (Å²) in [6, 6.07) is 0. The van der Waals surface area contributed by atoms with E-state index in [1.54, 1.807) is 17.9 Å². The number of allylic oxidation sites excluding steroid dienone is 1. The Kier molecular flexibility index (Phi) is 35.6. The SMILES string of the molecule is CC(=O)[O-].CC=CO.CCCCCCCCCCCCCCCCCC[NH+](C)C. The number of quaternary nitrogens is 1. The number of carboxylic acid groups (broad SMARTS) is 1. The lowest BCUT2D eigenvalue weighted by molar-refractivity contribution is -0.858. The van der Waals surface area contributed by atoms with Gasteiger partial charge in [0.05, 0.1) is 26.9 Å². The first kappa shape index (κ1) is 32.6. The van der Waals surface area contributed by atoms with E-state index in [1.807, 2.05) is 0 Å². The summed E-state index contributed by atoms with van der Waals surface area (Å²) in [7, 11) is 4.51. The summed E-state index contributed by atoms with van der Waals surface area (Å²) in [5.74, 6) is -1.08. The Balaban J connectivity index is -0.000000712. The van der Waals surface area contributed by atoms with E-state index in [-0.39, 0.29) is 0 Å². The summed E-state index contributed by atoms with van der Waals surface area (Å²) >= 11 is 0. The number of carboxylic acids is 1. The molecule has 0 aliphatic carbocycles. The summed E-state index contributed by atoms with van der Waals surface area (Å²) in [6.07, 6.45) is 26.0. The standard InChI is InChI=1S/C20H43N.C3H6O.C2H4O2/c1-4-5-6-7-8-9-10-11-12-13-14-15-16-17-18-19-20-21(2)3;1-2-3-4;1-2(3)4/h4-20H2,1-3H3;2-4H,1H3;1H3,(H,3,4). The molecule has 0 amide bonds. The minimum Gasteiger partial charge on any atom is -0.550 e. The minimum atomic E-state index is -1.08. The maximum Gasteiger partial charge on any atom is 0.0766 e. The van der Waals surface area contributed by atoms with Gasteiger partial charge in [-0.15, -0.1) is 0 Å². The molecule has 0 aromatic heterocycles. The molecular formula is C25H53NO3. The zero-order valence-electron chi connectivity index (χ0n) is 20.4. The van der Waals surface area contributed by atoms with Crippen molar-refractivity contribution in [1.29, 1.82) is 0 Å². The van der Waals surface area contributed by atoms with Gasteiger partial charge in [-0.05, 0) is 26.7 Å². The Morgan fingerprint density at radius 3 is 1.21 bits per heavy atom. The van der Waals surface area contributed by atoms with Crippen LogP contribution in [0.4, 0.5) is 0 Å². The molecule has 0 radical (unpaired) electrons. The van der Waals surface area contributed by atoms with Crippen LogP contribution in [-0.4, -0.2) is 31.7 Å². The van der Waals surface area contributed by atoms with Crippen LogP contribution < -0.4 is 10.0 Å². The van der Waals surface area contributed by atoms with E-state index in [9.17, 15) is 0 Å². The molecular weight excluding hydrogens is 362 g/mol. The van der Waals surface area contributed by atoms with Crippen LogP contribution in [0, 0.1) is 0 Å². The maximum atomic E-state index is 8.89. The molecule has 0 aliphatic rings. The first-order valence-electron chi connectivity index (χ1n) is 12.1. The van der Waals surface area contributed by atoms with Gasteiger partial charge in [0.1, 0.15) is 0 Å². The lowest BCUT2D eigenvalue weighted by Crippen LogP contribution is -3.05. The highest BCUT2D eigenvalue weighted by molar-refractivity contribution is 5.60. The molecule has 0 atom stereocenters. The lowest BCUT2D eigenvalue weighted by atomic mass is 10.0. The number of nitrogens with one attached hydrogen (secondary N) is 1. The van der Waals surface area contributed by atoms with Crippen molar-refractivity contribution in [2.45, 2.75) is 124 Å². The van der Waals surface area contributed by atoms with Gasteiger partial charge in [-0.2, -0.15) is 0 Å². The lowest BCUT2D eigenvalue weighted by Gasteiger charge is -2.06. The number of hydrogen-bond acceptors (Lipinski definition) is 3. The Morgan fingerprint density at radius 1 is 0.759 bits per heavy atom. The Bertz CT molecular complexity index is 309. The molecule has 0 rings (SSSR count). The first-order chi connectivity index (χ1) is 13.9. The summed E-state index contributed by atoms with van der Waals surface area (Å²) in [4.78, 5) is 10.5. The van der Waals surface area contributed by atoms with E-state index in [0.29, 0.717) is 0 Å². The second-order valence-electron chi connectivity index (χ2n) is 8.23. The molecule has 29 heavy (non-hydrogen) atoms. The van der Waals surface area contributed by atoms with Gasteiger partial charge >= 0.3 is 0 Å². The fraction of sp³-hybridized carbons (Fsp3) is 0.880. The average molecular weight is 416 g/mol. The molecule has 4 heteroatoms. The summed E-state index contributed by atoms with van der Waals surface area (Å²) in [6.45, 7) is 6.36. The van der Waals surface area contributed by atoms with Gasteiger partial charge in [0, 0.05) is 5.97 Å². The molecule has 0 saturated carbocycles. The van der Waals surface area contributed by atoms with Crippen LogP contribution in [-0.2, 0) is 4.79 Å². The zero-order chi connectivity index (χ0) is 22.6. The van der Waals surface area contributed by atoms with Crippen molar-refractivity contribution in [2.24, 2.45) is 0 Å². The molecule has 0 spiro atoms. The van der Waals surface area contributed by atoms with Gasteiger partial charge in [0.2, 0.25) is 0 Å². The molecule has 0 aliphatic heterocycles. The fourth-order valence-corrected chi connectivity index (χ4v) is 3.03. The Hall–Kier alpha value is -1.03. The highest BCUT2D eigenvalue weighted by atomic mass is 16.4. The van der Waals surface area contributed by atoms with Crippen LogP contribution in [0.15, 0.2) is 12.3 Å². The van der Waals surface area contributed by atoms with Crippen LogP contribution >= 0.6 is 0 Å². The molecule has 0 unspecified atom stereocenters. The van der Waals surface area contributed by atoms with E-state index in [0.717, 1.165) is 13.2 Å². The van der Waals surface area contributed by atoms with Crippen molar-refractivity contribution in [2.75, 3.05) is 20.6 Å². The van der Waals surface area contributed by atoms with Gasteiger partial charge in [0.15, 0.2) is 0 Å². The molecule has 0 aromatic carbocycles. The summed E-state index contributed by atoms with van der Waals surface area (Å²) in [5, 5.41) is 16.6. The number of hydrogen-bond donors (Lipinski definition) is 2. The molecule has 0 saturated heterocycles. The van der Waals surface area contributed by atoms with Crippen molar-refractivity contribution in [1.82, 2.24) is 0 Å². The molecule has 4 nitrogen and oxygen atoms in total. The second kappa shape index (κ2) is 31.7. The molecule has 2 N–H and O–H groups in total. The van der Waals surface area contributed by atoms with Crippen LogP contribution in [0.1, 0.15) is 124 Å². The van der Waals surface area contributed by atoms with E-state index < -0.39 is 5.97 Å². The monoisotopic (exact) mass is 415 g/mol. The van der Waals surface area contributed by atoms with Crippen molar-refractivity contribution < 1.29 is 19.9 Å². The molecule has 0 fully saturated rings. The second-order valence-corrected chi connectivity index (χ2v) is 8.23. The Labute approximate surface area is 182 Å². The summed E-state index contributed by atoms with van der Waals surface area (Å²) in [5.41, 5.74) is 0. The third-order valence-corrected chi connectivity index (χ3v) is 4.68. The number of aliphatic hydroxyl groups is 1. The normalized spacial score (nSPS) is 10.4. The number of unbranched alkanes of at least 4 members (excludes halogenated alkanes) is 15. The predicted molar refractivity (Wildman–Crippen MR) is 125 cm³/mol. The van der Waals surface area contributed by atoms with Crippen LogP contribution in [0.2, 0.25) is 0 Å². The molecule has 0 heterocycles. The van der Waals surface area contributed by atoms with Gasteiger partial charge < -0.3 is 19.9 Å². The summed E-state index contributed by atoms with van der Waals surface area (Å²) < 4.78 is 0. The van der Waals surface area contributed by atoms with Crippen molar-refractivity contribution in [3.05, 3.63) is 12.3 Å². The average Bonchev–Trinajstić information content (AvgIpc) is 2.67. The highest BCUT2D eigenvalue weighted by Gasteiger charge is 1.96. The smallest absolute Gasteiger partial charge is 0.0766 e.